The number of likely N-dealkylation sites (tertiary alicyclic amines) is 1. The Hall–Kier alpha value is -2.76. The lowest BCUT2D eigenvalue weighted by atomic mass is 10.1. The maximum atomic E-state index is 13.0. The highest BCUT2D eigenvalue weighted by molar-refractivity contribution is 5.95. The van der Waals surface area contributed by atoms with Crippen molar-refractivity contribution in [2.75, 3.05) is 26.3 Å². The van der Waals surface area contributed by atoms with Crippen molar-refractivity contribution < 1.29 is 19.0 Å². The van der Waals surface area contributed by atoms with Gasteiger partial charge in [-0.3, -0.25) is 9.78 Å². The Balaban J connectivity index is 1.70. The zero-order valence-electron chi connectivity index (χ0n) is 15.9. The first-order chi connectivity index (χ1) is 13.2. The second-order valence-corrected chi connectivity index (χ2v) is 6.34. The fourth-order valence-corrected chi connectivity index (χ4v) is 3.19. The van der Waals surface area contributed by atoms with Crippen LogP contribution in [0.5, 0.6) is 17.2 Å². The highest BCUT2D eigenvalue weighted by atomic mass is 16.5. The molecule has 1 fully saturated rings. The quantitative estimate of drug-likeness (QED) is 0.746. The summed E-state index contributed by atoms with van der Waals surface area (Å²) in [4.78, 5) is 18.8. The van der Waals surface area contributed by atoms with Crippen LogP contribution in [0, 0.1) is 0 Å². The standard InChI is InChI=1S/C21H26N2O4/c1-3-25-19-8-7-16(14-20(19)26-4-2)21(24)23-13-5-6-18(15-23)27-17-9-11-22-12-10-17/h7-12,14,18H,3-6,13,15H2,1-2H3. The smallest absolute Gasteiger partial charge is 0.254 e. The van der Waals surface area contributed by atoms with E-state index in [1.165, 1.54) is 0 Å². The van der Waals surface area contributed by atoms with E-state index in [1.54, 1.807) is 30.6 Å². The summed E-state index contributed by atoms with van der Waals surface area (Å²) in [6, 6.07) is 9.03. The Labute approximate surface area is 160 Å². The van der Waals surface area contributed by atoms with E-state index < -0.39 is 0 Å². The molecule has 1 saturated heterocycles. The lowest BCUT2D eigenvalue weighted by molar-refractivity contribution is 0.0537. The lowest BCUT2D eigenvalue weighted by Gasteiger charge is -2.33. The first-order valence-electron chi connectivity index (χ1n) is 9.46. The first kappa shape index (κ1) is 19.0. The van der Waals surface area contributed by atoms with Crippen LogP contribution < -0.4 is 14.2 Å². The Morgan fingerprint density at radius 2 is 1.85 bits per heavy atom. The van der Waals surface area contributed by atoms with Gasteiger partial charge in [0.2, 0.25) is 0 Å². The Morgan fingerprint density at radius 3 is 2.59 bits per heavy atom. The number of hydrogen-bond acceptors (Lipinski definition) is 5. The van der Waals surface area contributed by atoms with Gasteiger partial charge in [0.1, 0.15) is 11.9 Å². The summed E-state index contributed by atoms with van der Waals surface area (Å²) >= 11 is 0. The van der Waals surface area contributed by atoms with Gasteiger partial charge >= 0.3 is 0 Å². The van der Waals surface area contributed by atoms with Crippen molar-refractivity contribution in [3.05, 3.63) is 48.3 Å². The minimum Gasteiger partial charge on any atom is -0.490 e. The van der Waals surface area contributed by atoms with E-state index in [2.05, 4.69) is 4.98 Å². The summed E-state index contributed by atoms with van der Waals surface area (Å²) in [5.41, 5.74) is 0.603. The number of carbonyl (C=O) groups excluding carboxylic acids is 1. The third kappa shape index (κ3) is 4.90. The van der Waals surface area contributed by atoms with Crippen LogP contribution in [0.2, 0.25) is 0 Å². The summed E-state index contributed by atoms with van der Waals surface area (Å²) in [6.07, 6.45) is 5.24. The van der Waals surface area contributed by atoms with Crippen LogP contribution in [0.4, 0.5) is 0 Å². The van der Waals surface area contributed by atoms with Gasteiger partial charge in [-0.15, -0.1) is 0 Å². The second kappa shape index (κ2) is 9.26. The molecule has 0 N–H and O–H groups in total. The number of rotatable bonds is 7. The maximum absolute atomic E-state index is 13.0. The molecule has 1 aromatic heterocycles. The molecule has 144 valence electrons. The van der Waals surface area contributed by atoms with E-state index in [1.807, 2.05) is 30.9 Å². The van der Waals surface area contributed by atoms with Crippen LogP contribution in [0.25, 0.3) is 0 Å². The molecule has 3 rings (SSSR count). The van der Waals surface area contributed by atoms with Crippen molar-refractivity contribution in [1.29, 1.82) is 0 Å². The van der Waals surface area contributed by atoms with Crippen LogP contribution in [-0.2, 0) is 0 Å². The highest BCUT2D eigenvalue weighted by Crippen LogP contribution is 2.29. The van der Waals surface area contributed by atoms with Gasteiger partial charge in [0, 0.05) is 24.5 Å². The van der Waals surface area contributed by atoms with Crippen molar-refractivity contribution >= 4 is 5.91 Å². The molecule has 2 aromatic rings. The van der Waals surface area contributed by atoms with Gasteiger partial charge in [0.25, 0.3) is 5.91 Å². The number of aromatic nitrogens is 1. The molecule has 1 unspecified atom stereocenters. The molecule has 1 aliphatic heterocycles. The SMILES string of the molecule is CCOc1ccc(C(=O)N2CCCC(Oc3ccncc3)C2)cc1OCC. The van der Waals surface area contributed by atoms with E-state index >= 15 is 0 Å². The van der Waals surface area contributed by atoms with E-state index in [-0.39, 0.29) is 12.0 Å². The molecule has 0 spiro atoms. The third-order valence-electron chi connectivity index (χ3n) is 4.41. The molecule has 0 bridgehead atoms. The number of ether oxygens (including phenoxy) is 3. The molecule has 1 aliphatic rings. The van der Waals surface area contributed by atoms with Gasteiger partial charge < -0.3 is 19.1 Å². The average molecular weight is 370 g/mol. The summed E-state index contributed by atoms with van der Waals surface area (Å²) < 4.78 is 17.2. The highest BCUT2D eigenvalue weighted by Gasteiger charge is 2.26. The number of piperidine rings is 1. The van der Waals surface area contributed by atoms with Crippen molar-refractivity contribution in [3.8, 4) is 17.2 Å². The van der Waals surface area contributed by atoms with Crippen molar-refractivity contribution in [2.24, 2.45) is 0 Å². The van der Waals surface area contributed by atoms with Gasteiger partial charge in [0.05, 0.1) is 19.8 Å². The number of hydrogen-bond donors (Lipinski definition) is 0. The fraction of sp³-hybridized carbons (Fsp3) is 0.429. The molecular weight excluding hydrogens is 344 g/mol. The molecule has 1 atom stereocenters. The molecule has 1 aromatic carbocycles. The van der Waals surface area contributed by atoms with Crippen LogP contribution in [-0.4, -0.2) is 48.2 Å². The minimum atomic E-state index is -0.0147. The largest absolute Gasteiger partial charge is 0.490 e. The summed E-state index contributed by atoms with van der Waals surface area (Å²) in [5.74, 6) is 2.03. The molecule has 6 heteroatoms. The van der Waals surface area contributed by atoms with Gasteiger partial charge in [-0.1, -0.05) is 0 Å². The normalized spacial score (nSPS) is 16.7. The molecule has 2 heterocycles. The zero-order valence-corrected chi connectivity index (χ0v) is 15.9. The number of pyridine rings is 1. The molecule has 6 nitrogen and oxygen atoms in total. The molecular formula is C21H26N2O4. The van der Waals surface area contributed by atoms with E-state index in [0.717, 1.165) is 25.1 Å². The molecule has 0 radical (unpaired) electrons. The van der Waals surface area contributed by atoms with Gasteiger partial charge in [-0.2, -0.15) is 0 Å². The minimum absolute atomic E-state index is 0.0120. The van der Waals surface area contributed by atoms with Crippen LogP contribution in [0.15, 0.2) is 42.7 Å². The topological polar surface area (TPSA) is 60.9 Å². The van der Waals surface area contributed by atoms with Gasteiger partial charge in [-0.05, 0) is 57.0 Å². The average Bonchev–Trinajstić information content (AvgIpc) is 2.70. The Kier molecular flexibility index (Phi) is 6.52. The summed E-state index contributed by atoms with van der Waals surface area (Å²) in [5, 5.41) is 0. The van der Waals surface area contributed by atoms with E-state index in [9.17, 15) is 4.79 Å². The van der Waals surface area contributed by atoms with Crippen molar-refractivity contribution in [3.63, 3.8) is 0 Å². The van der Waals surface area contributed by atoms with Gasteiger partial charge in [-0.25, -0.2) is 0 Å². The predicted octanol–water partition coefficient (Wildman–Crippen LogP) is 3.56. The fourth-order valence-electron chi connectivity index (χ4n) is 3.19. The maximum Gasteiger partial charge on any atom is 0.254 e. The number of nitrogens with zero attached hydrogens (tertiary/aromatic N) is 2. The zero-order chi connectivity index (χ0) is 19.1. The lowest BCUT2D eigenvalue weighted by Crippen LogP contribution is -2.44. The third-order valence-corrected chi connectivity index (χ3v) is 4.41. The Bertz CT molecular complexity index is 751. The monoisotopic (exact) mass is 370 g/mol. The van der Waals surface area contributed by atoms with Crippen LogP contribution >= 0.6 is 0 Å². The van der Waals surface area contributed by atoms with E-state index in [4.69, 9.17) is 14.2 Å². The number of carbonyl (C=O) groups is 1. The van der Waals surface area contributed by atoms with Crippen LogP contribution in [0.1, 0.15) is 37.0 Å². The second-order valence-electron chi connectivity index (χ2n) is 6.34. The molecule has 1 amide bonds. The number of benzene rings is 1. The summed E-state index contributed by atoms with van der Waals surface area (Å²) in [7, 11) is 0. The molecule has 27 heavy (non-hydrogen) atoms. The summed E-state index contributed by atoms with van der Waals surface area (Å²) in [6.45, 7) is 6.20. The number of amides is 1. The molecule has 0 saturated carbocycles. The Morgan fingerprint density at radius 1 is 1.11 bits per heavy atom. The first-order valence-corrected chi connectivity index (χ1v) is 9.46. The molecule has 0 aliphatic carbocycles. The van der Waals surface area contributed by atoms with Crippen molar-refractivity contribution in [1.82, 2.24) is 9.88 Å². The predicted molar refractivity (Wildman–Crippen MR) is 103 cm³/mol. The van der Waals surface area contributed by atoms with Crippen LogP contribution in [0.3, 0.4) is 0 Å². The van der Waals surface area contributed by atoms with E-state index in [0.29, 0.717) is 36.8 Å². The van der Waals surface area contributed by atoms with Crippen molar-refractivity contribution in [2.45, 2.75) is 32.8 Å². The van der Waals surface area contributed by atoms with Gasteiger partial charge in [0.15, 0.2) is 11.5 Å².